The average Bonchev–Trinajstić information content (AvgIpc) is 3.39. The summed E-state index contributed by atoms with van der Waals surface area (Å²) in [5, 5.41) is 3.53. The number of nitrogens with one attached hydrogen (secondary N) is 1. The van der Waals surface area contributed by atoms with Gasteiger partial charge in [0, 0.05) is 12.6 Å². The maximum atomic E-state index is 13.5. The third kappa shape index (κ3) is 3.10. The lowest BCUT2D eigenvalue weighted by atomic mass is 9.88. The molecule has 3 atom stereocenters. The van der Waals surface area contributed by atoms with Crippen LogP contribution in [0.4, 0.5) is 4.39 Å². The first kappa shape index (κ1) is 16.8. The molecule has 0 saturated carbocycles. The lowest BCUT2D eigenvalue weighted by molar-refractivity contribution is 0.140. The summed E-state index contributed by atoms with van der Waals surface area (Å²) in [4.78, 5) is 7.01. The Morgan fingerprint density at radius 1 is 1.11 bits per heavy atom. The van der Waals surface area contributed by atoms with Crippen molar-refractivity contribution in [1.29, 1.82) is 0 Å². The molecule has 2 aromatic carbocycles. The van der Waals surface area contributed by atoms with Crippen molar-refractivity contribution < 1.29 is 9.13 Å². The number of benzene rings is 2. The van der Waals surface area contributed by atoms with E-state index in [4.69, 9.17) is 9.73 Å². The van der Waals surface area contributed by atoms with Gasteiger partial charge in [0.1, 0.15) is 11.9 Å². The summed E-state index contributed by atoms with van der Waals surface area (Å²) >= 11 is 0. The van der Waals surface area contributed by atoms with Crippen LogP contribution >= 0.6 is 0 Å². The molecular formula is C22H24FN3O. The Labute approximate surface area is 159 Å². The van der Waals surface area contributed by atoms with E-state index < -0.39 is 0 Å². The number of nitrogens with zero attached hydrogens (tertiary/aromatic N) is 2. The maximum absolute atomic E-state index is 13.5. The van der Waals surface area contributed by atoms with Crippen LogP contribution in [-0.4, -0.2) is 42.7 Å². The number of rotatable bonds is 2. The molecule has 1 fully saturated rings. The van der Waals surface area contributed by atoms with Crippen LogP contribution in [0.15, 0.2) is 53.5 Å². The minimum atomic E-state index is -0.212. The van der Waals surface area contributed by atoms with Crippen molar-refractivity contribution in [2.45, 2.75) is 37.5 Å². The largest absolute Gasteiger partial charge is 0.458 e. The molecule has 1 saturated heterocycles. The number of ether oxygens (including phenoxy) is 1. The van der Waals surface area contributed by atoms with Gasteiger partial charge in [0.15, 0.2) is 0 Å². The monoisotopic (exact) mass is 365 g/mol. The predicted molar refractivity (Wildman–Crippen MR) is 103 cm³/mol. The first-order valence-electron chi connectivity index (χ1n) is 9.84. The van der Waals surface area contributed by atoms with Gasteiger partial charge in [0.2, 0.25) is 0 Å². The van der Waals surface area contributed by atoms with Crippen molar-refractivity contribution in [3.05, 3.63) is 71.0 Å². The number of aliphatic imine (C=N–C) groups is 1. The molecule has 0 radical (unpaired) electrons. The number of halogens is 1. The van der Waals surface area contributed by atoms with Crippen molar-refractivity contribution in [1.82, 2.24) is 10.2 Å². The van der Waals surface area contributed by atoms with E-state index in [-0.39, 0.29) is 18.0 Å². The highest BCUT2D eigenvalue weighted by atomic mass is 19.1. The highest BCUT2D eigenvalue weighted by Gasteiger charge is 2.37. The van der Waals surface area contributed by atoms with Gasteiger partial charge in [-0.15, -0.1) is 0 Å². The van der Waals surface area contributed by atoms with Crippen molar-refractivity contribution in [3.63, 3.8) is 0 Å². The fourth-order valence-electron chi connectivity index (χ4n) is 4.55. The third-order valence-corrected chi connectivity index (χ3v) is 5.93. The average molecular weight is 365 g/mol. The summed E-state index contributed by atoms with van der Waals surface area (Å²) in [7, 11) is 0. The molecule has 3 aliphatic heterocycles. The SMILES string of the molecule is Fc1ccc([C@H]2c3ccccc3CCN2C2=NC[C@H]([C@H]3CCCN3)O2)cc1. The fourth-order valence-corrected chi connectivity index (χ4v) is 4.55. The highest BCUT2D eigenvalue weighted by Crippen LogP contribution is 2.36. The molecule has 0 spiro atoms. The fraction of sp³-hybridized carbons (Fsp3) is 0.409. The molecule has 3 heterocycles. The molecule has 0 aliphatic carbocycles. The first-order valence-corrected chi connectivity index (χ1v) is 9.84. The third-order valence-electron chi connectivity index (χ3n) is 5.93. The van der Waals surface area contributed by atoms with Gasteiger partial charge < -0.3 is 15.0 Å². The smallest absolute Gasteiger partial charge is 0.288 e. The second kappa shape index (κ2) is 6.97. The molecule has 5 rings (SSSR count). The van der Waals surface area contributed by atoms with Crippen LogP contribution in [0.1, 0.15) is 35.6 Å². The van der Waals surface area contributed by atoms with Gasteiger partial charge >= 0.3 is 0 Å². The standard InChI is InChI=1S/C22H24FN3O/c23-17-9-7-16(8-10-17)21-18-5-2-1-4-15(18)11-13-26(21)22-25-14-20(27-22)19-6-3-12-24-19/h1-2,4-5,7-10,19-21,24H,3,6,11-14H2/t19-,20-,21+/m1/s1. The molecule has 1 N–H and O–H groups in total. The van der Waals surface area contributed by atoms with Gasteiger partial charge in [-0.2, -0.15) is 0 Å². The van der Waals surface area contributed by atoms with Crippen LogP contribution in [0.3, 0.4) is 0 Å². The van der Waals surface area contributed by atoms with Gasteiger partial charge in [-0.05, 0) is 54.6 Å². The molecule has 27 heavy (non-hydrogen) atoms. The molecule has 2 aromatic rings. The van der Waals surface area contributed by atoms with E-state index in [2.05, 4.69) is 34.5 Å². The lowest BCUT2D eigenvalue weighted by Gasteiger charge is -2.38. The minimum Gasteiger partial charge on any atom is -0.458 e. The van der Waals surface area contributed by atoms with Crippen LogP contribution in [0, 0.1) is 5.82 Å². The molecule has 5 heteroatoms. The molecule has 0 amide bonds. The molecule has 0 bridgehead atoms. The van der Waals surface area contributed by atoms with Gasteiger partial charge in [-0.1, -0.05) is 36.4 Å². The minimum absolute atomic E-state index is 0.00425. The van der Waals surface area contributed by atoms with Gasteiger partial charge in [0.05, 0.1) is 12.6 Å². The van der Waals surface area contributed by atoms with Gasteiger partial charge in [0.25, 0.3) is 6.02 Å². The van der Waals surface area contributed by atoms with E-state index in [9.17, 15) is 4.39 Å². The Morgan fingerprint density at radius 3 is 2.78 bits per heavy atom. The van der Waals surface area contributed by atoms with Crippen molar-refractivity contribution >= 4 is 6.02 Å². The summed E-state index contributed by atoms with van der Waals surface area (Å²) < 4.78 is 19.8. The maximum Gasteiger partial charge on any atom is 0.288 e. The zero-order chi connectivity index (χ0) is 18.2. The molecule has 3 aliphatic rings. The Hall–Kier alpha value is -2.40. The number of hydrogen-bond acceptors (Lipinski definition) is 4. The Morgan fingerprint density at radius 2 is 1.96 bits per heavy atom. The summed E-state index contributed by atoms with van der Waals surface area (Å²) in [6.45, 7) is 2.62. The van der Waals surface area contributed by atoms with Gasteiger partial charge in [-0.25, -0.2) is 9.38 Å². The second-order valence-electron chi connectivity index (χ2n) is 7.58. The quantitative estimate of drug-likeness (QED) is 0.887. The molecular weight excluding hydrogens is 341 g/mol. The van der Waals surface area contributed by atoms with Crippen LogP contribution in [0.5, 0.6) is 0 Å². The zero-order valence-corrected chi connectivity index (χ0v) is 15.3. The van der Waals surface area contributed by atoms with Crippen LogP contribution < -0.4 is 5.32 Å². The molecule has 140 valence electrons. The van der Waals surface area contributed by atoms with E-state index in [1.807, 2.05) is 12.1 Å². The lowest BCUT2D eigenvalue weighted by Crippen LogP contribution is -2.43. The number of hydrogen-bond donors (Lipinski definition) is 1. The Balaban J connectivity index is 1.47. The molecule has 4 nitrogen and oxygen atoms in total. The number of fused-ring (bicyclic) bond motifs is 1. The van der Waals surface area contributed by atoms with E-state index in [1.165, 1.54) is 29.7 Å². The zero-order valence-electron chi connectivity index (χ0n) is 15.3. The Bertz CT molecular complexity index is 845. The number of amidine groups is 1. The van der Waals surface area contributed by atoms with Crippen LogP contribution in [0.25, 0.3) is 0 Å². The van der Waals surface area contributed by atoms with Crippen molar-refractivity contribution in [2.24, 2.45) is 4.99 Å². The molecule has 0 aromatic heterocycles. The summed E-state index contributed by atoms with van der Waals surface area (Å²) in [6.07, 6.45) is 3.43. The van der Waals surface area contributed by atoms with E-state index in [1.54, 1.807) is 0 Å². The van der Waals surface area contributed by atoms with Crippen LogP contribution in [-0.2, 0) is 11.2 Å². The second-order valence-corrected chi connectivity index (χ2v) is 7.58. The van der Waals surface area contributed by atoms with E-state index in [0.29, 0.717) is 12.6 Å². The van der Waals surface area contributed by atoms with Crippen LogP contribution in [0.2, 0.25) is 0 Å². The summed E-state index contributed by atoms with van der Waals surface area (Å²) in [5.74, 6) is -0.212. The van der Waals surface area contributed by atoms with E-state index >= 15 is 0 Å². The predicted octanol–water partition coefficient (Wildman–Crippen LogP) is 3.28. The summed E-state index contributed by atoms with van der Waals surface area (Å²) in [6, 6.07) is 16.5. The summed E-state index contributed by atoms with van der Waals surface area (Å²) in [5.41, 5.74) is 3.66. The van der Waals surface area contributed by atoms with Crippen molar-refractivity contribution in [3.8, 4) is 0 Å². The Kier molecular flexibility index (Phi) is 4.32. The topological polar surface area (TPSA) is 36.9 Å². The first-order chi connectivity index (χ1) is 13.3. The molecule has 0 unspecified atom stereocenters. The normalized spacial score (nSPS) is 27.2. The highest BCUT2D eigenvalue weighted by molar-refractivity contribution is 5.77. The van der Waals surface area contributed by atoms with Gasteiger partial charge in [-0.3, -0.25) is 0 Å². The van der Waals surface area contributed by atoms with E-state index in [0.717, 1.165) is 37.5 Å². The van der Waals surface area contributed by atoms with Crippen molar-refractivity contribution in [2.75, 3.05) is 19.6 Å².